The van der Waals surface area contributed by atoms with Crippen molar-refractivity contribution in [2.24, 2.45) is 5.92 Å². The Morgan fingerprint density at radius 1 is 1.46 bits per heavy atom. The van der Waals surface area contributed by atoms with Crippen LogP contribution < -0.4 is 0 Å². The number of carbonyl (C=O) groups is 1. The van der Waals surface area contributed by atoms with Crippen molar-refractivity contribution in [2.45, 2.75) is 46.1 Å². The van der Waals surface area contributed by atoms with Crippen LogP contribution in [0.4, 0.5) is 0 Å². The monoisotopic (exact) mass is 188 g/mol. The number of hydrogen-bond donors (Lipinski definition) is 1. The molecule has 0 aromatic carbocycles. The summed E-state index contributed by atoms with van der Waals surface area (Å²) in [4.78, 5) is 10.3. The van der Waals surface area contributed by atoms with E-state index in [4.69, 9.17) is 9.84 Å². The molecule has 1 unspecified atom stereocenters. The zero-order valence-electron chi connectivity index (χ0n) is 8.75. The third kappa shape index (κ3) is 7.78. The number of hydrogen-bond acceptors (Lipinski definition) is 2. The summed E-state index contributed by atoms with van der Waals surface area (Å²) >= 11 is 0. The second-order valence-corrected chi connectivity index (χ2v) is 3.64. The van der Waals surface area contributed by atoms with Gasteiger partial charge >= 0.3 is 5.97 Å². The van der Waals surface area contributed by atoms with Crippen molar-refractivity contribution in [1.29, 1.82) is 0 Å². The Balaban J connectivity index is 3.45. The van der Waals surface area contributed by atoms with E-state index in [1.807, 2.05) is 0 Å². The van der Waals surface area contributed by atoms with E-state index in [0.29, 0.717) is 12.5 Å². The first-order valence-electron chi connectivity index (χ1n) is 4.89. The molecule has 0 spiro atoms. The van der Waals surface area contributed by atoms with E-state index in [-0.39, 0.29) is 12.5 Å². The topological polar surface area (TPSA) is 46.5 Å². The van der Waals surface area contributed by atoms with Crippen molar-refractivity contribution in [3.63, 3.8) is 0 Å². The normalized spacial score (nSPS) is 15.3. The van der Waals surface area contributed by atoms with E-state index in [9.17, 15) is 4.79 Å². The highest BCUT2D eigenvalue weighted by atomic mass is 16.5. The number of aliphatic carboxylic acids is 1. The van der Waals surface area contributed by atoms with E-state index in [2.05, 4.69) is 13.8 Å². The van der Waals surface area contributed by atoms with E-state index >= 15 is 0 Å². The van der Waals surface area contributed by atoms with Gasteiger partial charge in [-0.1, -0.05) is 20.3 Å². The van der Waals surface area contributed by atoms with Crippen molar-refractivity contribution < 1.29 is 14.6 Å². The van der Waals surface area contributed by atoms with Gasteiger partial charge in [-0.25, -0.2) is 0 Å². The predicted molar refractivity (Wildman–Crippen MR) is 51.7 cm³/mol. The maximum atomic E-state index is 10.3. The third-order valence-electron chi connectivity index (χ3n) is 1.91. The van der Waals surface area contributed by atoms with Crippen molar-refractivity contribution >= 4 is 5.97 Å². The largest absolute Gasteiger partial charge is 0.481 e. The number of rotatable bonds is 7. The van der Waals surface area contributed by atoms with Crippen molar-refractivity contribution in [3.05, 3.63) is 0 Å². The minimum absolute atomic E-state index is 0.0961. The van der Waals surface area contributed by atoms with Crippen molar-refractivity contribution in [2.75, 3.05) is 6.61 Å². The van der Waals surface area contributed by atoms with E-state index in [0.717, 1.165) is 12.8 Å². The molecule has 0 bridgehead atoms. The molecule has 0 aromatic rings. The fourth-order valence-electron chi connectivity index (χ4n) is 1.21. The molecule has 0 aliphatic carbocycles. The molecular weight excluding hydrogens is 168 g/mol. The molecule has 0 amide bonds. The summed E-state index contributed by atoms with van der Waals surface area (Å²) in [5.74, 6) is -0.267. The lowest BCUT2D eigenvalue weighted by Gasteiger charge is -2.14. The Labute approximate surface area is 80.1 Å². The van der Waals surface area contributed by atoms with Gasteiger partial charge in [0, 0.05) is 6.61 Å². The van der Waals surface area contributed by atoms with Gasteiger partial charge in [0.25, 0.3) is 0 Å². The van der Waals surface area contributed by atoms with Gasteiger partial charge < -0.3 is 9.84 Å². The molecule has 0 saturated carbocycles. The first-order chi connectivity index (χ1) is 6.06. The van der Waals surface area contributed by atoms with E-state index < -0.39 is 5.97 Å². The summed E-state index contributed by atoms with van der Waals surface area (Å²) < 4.78 is 5.39. The Morgan fingerprint density at radius 2 is 2.08 bits per heavy atom. The van der Waals surface area contributed by atoms with Gasteiger partial charge in [0.05, 0.1) is 12.5 Å². The molecule has 3 nitrogen and oxygen atoms in total. The van der Waals surface area contributed by atoms with E-state index in [1.165, 1.54) is 0 Å². The van der Waals surface area contributed by atoms with Crippen LogP contribution in [0.15, 0.2) is 0 Å². The van der Waals surface area contributed by atoms with Crippen LogP contribution in [0.5, 0.6) is 0 Å². The van der Waals surface area contributed by atoms with Crippen LogP contribution >= 0.6 is 0 Å². The van der Waals surface area contributed by atoms with Gasteiger partial charge in [0.2, 0.25) is 0 Å². The zero-order chi connectivity index (χ0) is 10.3. The standard InChI is InChI=1S/C10H20O3/c1-4-5-8(2)7-13-9(3)6-10(11)12/h8-9H,4-7H2,1-3H3,(H,11,12)/t8?,9-/m1/s1. The lowest BCUT2D eigenvalue weighted by molar-refractivity contribution is -0.140. The summed E-state index contributed by atoms with van der Waals surface area (Å²) in [6, 6.07) is 0. The molecule has 3 heteroatoms. The Hall–Kier alpha value is -0.570. The molecule has 0 heterocycles. The highest BCUT2D eigenvalue weighted by Gasteiger charge is 2.09. The van der Waals surface area contributed by atoms with Crippen LogP contribution in [0.1, 0.15) is 40.0 Å². The third-order valence-corrected chi connectivity index (χ3v) is 1.91. The second kappa shape index (κ2) is 6.89. The SMILES string of the molecule is CCCC(C)CO[C@H](C)CC(=O)O. The molecule has 0 rings (SSSR count). The Kier molecular flexibility index (Phi) is 6.59. The summed E-state index contributed by atoms with van der Waals surface area (Å²) in [5.41, 5.74) is 0. The van der Waals surface area contributed by atoms with Gasteiger partial charge in [-0.15, -0.1) is 0 Å². The van der Waals surface area contributed by atoms with Gasteiger partial charge in [-0.3, -0.25) is 4.79 Å². The Morgan fingerprint density at radius 3 is 2.54 bits per heavy atom. The quantitative estimate of drug-likeness (QED) is 0.666. The van der Waals surface area contributed by atoms with Crippen LogP contribution in [0, 0.1) is 5.92 Å². The zero-order valence-corrected chi connectivity index (χ0v) is 8.75. The van der Waals surface area contributed by atoms with Crippen molar-refractivity contribution in [1.82, 2.24) is 0 Å². The summed E-state index contributed by atoms with van der Waals surface area (Å²) in [6.07, 6.45) is 2.22. The molecule has 0 fully saturated rings. The average Bonchev–Trinajstić information content (AvgIpc) is 2.00. The smallest absolute Gasteiger partial charge is 0.305 e. The highest BCUT2D eigenvalue weighted by Crippen LogP contribution is 2.07. The van der Waals surface area contributed by atoms with Gasteiger partial charge in [-0.05, 0) is 19.3 Å². The predicted octanol–water partition coefficient (Wildman–Crippen LogP) is 2.30. The average molecular weight is 188 g/mol. The van der Waals surface area contributed by atoms with E-state index in [1.54, 1.807) is 6.92 Å². The van der Waals surface area contributed by atoms with Crippen LogP contribution in [0.3, 0.4) is 0 Å². The van der Waals surface area contributed by atoms with Crippen LogP contribution in [0.25, 0.3) is 0 Å². The summed E-state index contributed by atoms with van der Waals surface area (Å²) in [7, 11) is 0. The Bertz CT molecular complexity index is 145. The minimum Gasteiger partial charge on any atom is -0.481 e. The number of carboxylic acids is 1. The first kappa shape index (κ1) is 12.4. The molecule has 0 saturated heterocycles. The van der Waals surface area contributed by atoms with Gasteiger partial charge in [0.1, 0.15) is 0 Å². The molecular formula is C10H20O3. The lowest BCUT2D eigenvalue weighted by Crippen LogP contribution is -2.17. The molecule has 0 radical (unpaired) electrons. The van der Waals surface area contributed by atoms with Crippen molar-refractivity contribution in [3.8, 4) is 0 Å². The maximum absolute atomic E-state index is 10.3. The highest BCUT2D eigenvalue weighted by molar-refractivity contribution is 5.67. The van der Waals surface area contributed by atoms with Crippen LogP contribution in [0.2, 0.25) is 0 Å². The molecule has 0 aliphatic heterocycles. The summed E-state index contributed by atoms with van der Waals surface area (Å²) in [6.45, 7) is 6.73. The molecule has 13 heavy (non-hydrogen) atoms. The number of ether oxygens (including phenoxy) is 1. The molecule has 0 aromatic heterocycles. The molecule has 1 N–H and O–H groups in total. The van der Waals surface area contributed by atoms with Crippen LogP contribution in [-0.2, 0) is 9.53 Å². The lowest BCUT2D eigenvalue weighted by atomic mass is 10.1. The van der Waals surface area contributed by atoms with Gasteiger partial charge in [-0.2, -0.15) is 0 Å². The number of carboxylic acid groups (broad SMARTS) is 1. The molecule has 2 atom stereocenters. The summed E-state index contributed by atoms with van der Waals surface area (Å²) in [5, 5.41) is 8.47. The van der Waals surface area contributed by atoms with Gasteiger partial charge in [0.15, 0.2) is 0 Å². The fourth-order valence-corrected chi connectivity index (χ4v) is 1.21. The first-order valence-corrected chi connectivity index (χ1v) is 4.89. The second-order valence-electron chi connectivity index (χ2n) is 3.64. The fraction of sp³-hybridized carbons (Fsp3) is 0.900. The maximum Gasteiger partial charge on any atom is 0.305 e. The van der Waals surface area contributed by atoms with Crippen LogP contribution in [-0.4, -0.2) is 23.8 Å². The molecule has 0 aliphatic rings. The minimum atomic E-state index is -0.796. The molecule has 78 valence electrons.